The Bertz CT molecular complexity index is 797. The molecule has 5 nitrogen and oxygen atoms in total. The van der Waals surface area contributed by atoms with Gasteiger partial charge >= 0.3 is 7.12 Å². The Hall–Kier alpha value is -1.90. The fourth-order valence-corrected chi connectivity index (χ4v) is 3.28. The molecule has 0 unspecified atom stereocenters. The van der Waals surface area contributed by atoms with Gasteiger partial charge in [-0.2, -0.15) is 0 Å². The van der Waals surface area contributed by atoms with E-state index in [1.807, 2.05) is 0 Å². The van der Waals surface area contributed by atoms with E-state index in [2.05, 4.69) is 4.72 Å². The quantitative estimate of drug-likeness (QED) is 0.824. The van der Waals surface area contributed by atoms with E-state index in [4.69, 9.17) is 4.65 Å². The molecule has 0 atom stereocenters. The third-order valence-corrected chi connectivity index (χ3v) is 4.60. The molecule has 0 aliphatic carbocycles. The molecule has 0 saturated carbocycles. The average molecular weight is 307 g/mol. The molecule has 1 aliphatic heterocycles. The molecule has 3 rings (SSSR count). The van der Waals surface area contributed by atoms with Crippen LogP contribution in [0.15, 0.2) is 47.4 Å². The summed E-state index contributed by atoms with van der Waals surface area (Å²) < 4.78 is 45.2. The summed E-state index contributed by atoms with van der Waals surface area (Å²) in [6, 6.07) is 9.79. The second-order valence-corrected chi connectivity index (χ2v) is 6.26. The van der Waals surface area contributed by atoms with Crippen LogP contribution in [0.5, 0.6) is 0 Å². The summed E-state index contributed by atoms with van der Waals surface area (Å²) in [5.74, 6) is -0.825. The number of halogens is 1. The number of nitrogens with one attached hydrogen (secondary N) is 1. The van der Waals surface area contributed by atoms with Gasteiger partial charge < -0.3 is 9.68 Å². The lowest BCUT2D eigenvalue weighted by molar-refractivity contribution is 0.275. The molecule has 0 saturated heterocycles. The summed E-state index contributed by atoms with van der Waals surface area (Å²) in [6.45, 7) is 0.275. The number of hydrogen-bond donors (Lipinski definition) is 2. The molecule has 108 valence electrons. The van der Waals surface area contributed by atoms with E-state index >= 15 is 0 Å². The number of fused-ring (bicyclic) bond motifs is 1. The van der Waals surface area contributed by atoms with Crippen LogP contribution < -0.4 is 10.2 Å². The minimum atomic E-state index is -4.03. The van der Waals surface area contributed by atoms with Crippen molar-refractivity contribution in [2.24, 2.45) is 0 Å². The Balaban J connectivity index is 1.94. The summed E-state index contributed by atoms with van der Waals surface area (Å²) >= 11 is 0. The van der Waals surface area contributed by atoms with E-state index in [0.717, 1.165) is 11.6 Å². The van der Waals surface area contributed by atoms with Crippen LogP contribution in [0.4, 0.5) is 10.1 Å². The van der Waals surface area contributed by atoms with E-state index in [-0.39, 0.29) is 12.3 Å². The lowest BCUT2D eigenvalue weighted by Crippen LogP contribution is -2.28. The van der Waals surface area contributed by atoms with Crippen LogP contribution in [0.25, 0.3) is 0 Å². The summed E-state index contributed by atoms with van der Waals surface area (Å²) in [4.78, 5) is -0.428. The van der Waals surface area contributed by atoms with E-state index in [1.165, 1.54) is 24.3 Å². The highest BCUT2D eigenvalue weighted by atomic mass is 32.2. The standard InChI is InChI=1S/C13H11BFNO4S/c15-12-3-1-2-4-13(12)21(18,19)16-10-6-5-9-8-20-14(17)11(9)7-10/h1-7,16-17H,8H2. The van der Waals surface area contributed by atoms with Crippen molar-refractivity contribution < 1.29 is 22.5 Å². The van der Waals surface area contributed by atoms with Gasteiger partial charge in [-0.15, -0.1) is 0 Å². The van der Waals surface area contributed by atoms with Gasteiger partial charge in [-0.1, -0.05) is 18.2 Å². The lowest BCUT2D eigenvalue weighted by atomic mass is 9.79. The van der Waals surface area contributed by atoms with Crippen molar-refractivity contribution in [2.75, 3.05) is 4.72 Å². The summed E-state index contributed by atoms with van der Waals surface area (Å²) in [7, 11) is -5.10. The molecule has 0 bridgehead atoms. The van der Waals surface area contributed by atoms with Crippen molar-refractivity contribution in [1.29, 1.82) is 0 Å². The highest BCUT2D eigenvalue weighted by molar-refractivity contribution is 7.92. The number of benzene rings is 2. The SMILES string of the molecule is O=S(=O)(Nc1ccc2c(c1)B(O)OC2)c1ccccc1F. The molecule has 0 radical (unpaired) electrons. The van der Waals surface area contributed by atoms with Crippen LogP contribution in [0.1, 0.15) is 5.56 Å². The van der Waals surface area contributed by atoms with Crippen LogP contribution in [0.3, 0.4) is 0 Å². The third-order valence-electron chi connectivity index (χ3n) is 3.19. The minimum absolute atomic E-state index is 0.238. The summed E-state index contributed by atoms with van der Waals surface area (Å²) in [5.41, 5.74) is 1.53. The number of sulfonamides is 1. The lowest BCUT2D eigenvalue weighted by Gasteiger charge is -2.10. The van der Waals surface area contributed by atoms with Gasteiger partial charge in [0.1, 0.15) is 10.7 Å². The number of anilines is 1. The second-order valence-electron chi connectivity index (χ2n) is 4.61. The van der Waals surface area contributed by atoms with Gasteiger partial charge in [-0.05, 0) is 35.3 Å². The molecule has 2 N–H and O–H groups in total. The van der Waals surface area contributed by atoms with Crippen molar-refractivity contribution in [3.63, 3.8) is 0 Å². The van der Waals surface area contributed by atoms with Crippen LogP contribution in [-0.2, 0) is 21.3 Å². The van der Waals surface area contributed by atoms with E-state index < -0.39 is 27.9 Å². The molecule has 8 heteroatoms. The summed E-state index contributed by atoms with van der Waals surface area (Å²) in [5, 5.41) is 9.61. The number of rotatable bonds is 3. The predicted molar refractivity (Wildman–Crippen MR) is 76.0 cm³/mol. The van der Waals surface area contributed by atoms with E-state index in [9.17, 15) is 17.8 Å². The molecular weight excluding hydrogens is 296 g/mol. The van der Waals surface area contributed by atoms with Gasteiger partial charge in [0.05, 0.1) is 6.61 Å². The molecule has 2 aromatic rings. The normalized spacial score (nSPS) is 14.1. The van der Waals surface area contributed by atoms with Crippen molar-refractivity contribution >= 4 is 28.3 Å². The Morgan fingerprint density at radius 3 is 2.76 bits per heavy atom. The Labute approximate surface area is 121 Å². The van der Waals surface area contributed by atoms with Crippen LogP contribution in [-0.4, -0.2) is 20.6 Å². The van der Waals surface area contributed by atoms with Crippen molar-refractivity contribution in [3.8, 4) is 0 Å². The topological polar surface area (TPSA) is 75.6 Å². The molecule has 1 aliphatic rings. The molecular formula is C13H11BFNO4S. The molecule has 0 spiro atoms. The molecule has 1 heterocycles. The summed E-state index contributed by atoms with van der Waals surface area (Å²) in [6.07, 6.45) is 0. The van der Waals surface area contributed by atoms with Gasteiger partial charge in [0, 0.05) is 5.69 Å². The largest absolute Gasteiger partial charge is 0.491 e. The molecule has 2 aromatic carbocycles. The van der Waals surface area contributed by atoms with Gasteiger partial charge in [-0.25, -0.2) is 12.8 Å². The fraction of sp³-hybridized carbons (Fsp3) is 0.0769. The maximum absolute atomic E-state index is 13.6. The average Bonchev–Trinajstić information content (AvgIpc) is 2.80. The zero-order chi connectivity index (χ0) is 15.0. The predicted octanol–water partition coefficient (Wildman–Crippen LogP) is 0.844. The van der Waals surface area contributed by atoms with Crippen LogP contribution in [0, 0.1) is 5.82 Å². The zero-order valence-electron chi connectivity index (χ0n) is 10.8. The first-order valence-electron chi connectivity index (χ1n) is 6.17. The first-order chi connectivity index (χ1) is 9.97. The first-order valence-corrected chi connectivity index (χ1v) is 7.65. The zero-order valence-corrected chi connectivity index (χ0v) is 11.6. The van der Waals surface area contributed by atoms with Gasteiger partial charge in [0.2, 0.25) is 0 Å². The second kappa shape index (κ2) is 5.14. The maximum atomic E-state index is 13.6. The number of hydrogen-bond acceptors (Lipinski definition) is 4. The minimum Gasteiger partial charge on any atom is -0.423 e. The van der Waals surface area contributed by atoms with Gasteiger partial charge in [0.25, 0.3) is 10.0 Å². The molecule has 0 aromatic heterocycles. The van der Waals surface area contributed by atoms with Gasteiger partial charge in [0.15, 0.2) is 0 Å². The highest BCUT2D eigenvalue weighted by Crippen LogP contribution is 2.20. The fourth-order valence-electron chi connectivity index (χ4n) is 2.15. The Morgan fingerprint density at radius 2 is 2.00 bits per heavy atom. The van der Waals surface area contributed by atoms with E-state index in [0.29, 0.717) is 5.46 Å². The van der Waals surface area contributed by atoms with Crippen molar-refractivity contribution in [1.82, 2.24) is 0 Å². The Morgan fingerprint density at radius 1 is 1.24 bits per heavy atom. The monoisotopic (exact) mass is 307 g/mol. The van der Waals surface area contributed by atoms with Crippen LogP contribution in [0.2, 0.25) is 0 Å². The molecule has 21 heavy (non-hydrogen) atoms. The Kier molecular flexibility index (Phi) is 3.44. The van der Waals surface area contributed by atoms with E-state index in [1.54, 1.807) is 12.1 Å². The third kappa shape index (κ3) is 2.65. The van der Waals surface area contributed by atoms with Crippen LogP contribution >= 0.6 is 0 Å². The smallest absolute Gasteiger partial charge is 0.423 e. The first kappa shape index (κ1) is 14.1. The van der Waals surface area contributed by atoms with Crippen molar-refractivity contribution in [3.05, 3.63) is 53.8 Å². The maximum Gasteiger partial charge on any atom is 0.491 e. The van der Waals surface area contributed by atoms with Gasteiger partial charge in [-0.3, -0.25) is 4.72 Å². The molecule has 0 amide bonds. The highest BCUT2D eigenvalue weighted by Gasteiger charge is 2.28. The van der Waals surface area contributed by atoms with Crippen molar-refractivity contribution in [2.45, 2.75) is 11.5 Å². The molecule has 0 fully saturated rings.